The van der Waals surface area contributed by atoms with Gasteiger partial charge in [0, 0.05) is 35.7 Å². The number of benzene rings is 3. The number of anilines is 1. The van der Waals surface area contributed by atoms with Gasteiger partial charge in [-0.25, -0.2) is 0 Å². The van der Waals surface area contributed by atoms with E-state index in [-0.39, 0.29) is 29.5 Å². The topological polar surface area (TPSA) is 46.6 Å². The first-order valence-corrected chi connectivity index (χ1v) is 10.2. The van der Waals surface area contributed by atoms with E-state index in [1.807, 2.05) is 30.3 Å². The van der Waals surface area contributed by atoms with Crippen molar-refractivity contribution in [2.75, 3.05) is 4.90 Å². The van der Waals surface area contributed by atoms with E-state index in [2.05, 4.69) is 29.2 Å². The van der Waals surface area contributed by atoms with Crippen molar-refractivity contribution in [1.29, 1.82) is 0 Å². The van der Waals surface area contributed by atoms with Crippen LogP contribution in [0.15, 0.2) is 90.2 Å². The standard InChI is InChI=1S/C26H19NO3/c28-24-18-11-4-5-12-19(18)25(29)26-23(24)20-14-22(30-26)27(15-16-8-2-1-3-9-16)21-13-7-6-10-17(20)21/h1-13,20,22H,14-15H2. The van der Waals surface area contributed by atoms with Crippen molar-refractivity contribution in [3.05, 3.63) is 112 Å². The number of para-hydroxylation sites is 1. The van der Waals surface area contributed by atoms with Crippen LogP contribution in [0.3, 0.4) is 0 Å². The number of carbonyl (C=O) groups is 2. The summed E-state index contributed by atoms with van der Waals surface area (Å²) in [6.45, 7) is 0.677. The molecule has 6 rings (SSSR count). The molecule has 0 radical (unpaired) electrons. The minimum atomic E-state index is -0.286. The number of hydrogen-bond donors (Lipinski definition) is 0. The molecule has 2 atom stereocenters. The summed E-state index contributed by atoms with van der Waals surface area (Å²) in [7, 11) is 0. The number of fused-ring (bicyclic) bond motifs is 6. The second kappa shape index (κ2) is 6.42. The molecule has 0 N–H and O–H groups in total. The second-order valence-electron chi connectivity index (χ2n) is 7.98. The number of carbonyl (C=O) groups excluding carboxylic acids is 2. The quantitative estimate of drug-likeness (QED) is 0.623. The highest BCUT2D eigenvalue weighted by Gasteiger charge is 2.47. The van der Waals surface area contributed by atoms with Gasteiger partial charge in [0.25, 0.3) is 0 Å². The molecule has 0 saturated carbocycles. The van der Waals surface area contributed by atoms with Gasteiger partial charge in [0.2, 0.25) is 5.78 Å². The van der Waals surface area contributed by atoms with Crippen LogP contribution in [0.1, 0.15) is 44.2 Å². The first-order valence-electron chi connectivity index (χ1n) is 10.2. The lowest BCUT2D eigenvalue weighted by molar-refractivity contribution is 0.0535. The number of rotatable bonds is 2. The second-order valence-corrected chi connectivity index (χ2v) is 7.98. The van der Waals surface area contributed by atoms with Gasteiger partial charge >= 0.3 is 0 Å². The average Bonchev–Trinajstić information content (AvgIpc) is 2.80. The Morgan fingerprint density at radius 3 is 2.27 bits per heavy atom. The lowest BCUT2D eigenvalue weighted by Gasteiger charge is -2.46. The monoisotopic (exact) mass is 393 g/mol. The number of nitrogens with zero attached hydrogens (tertiary/aromatic N) is 1. The summed E-state index contributed by atoms with van der Waals surface area (Å²) in [5.41, 5.74) is 4.75. The Bertz CT molecular complexity index is 1230. The molecule has 0 aromatic heterocycles. The first-order chi connectivity index (χ1) is 14.7. The highest BCUT2D eigenvalue weighted by Crippen LogP contribution is 2.50. The van der Waals surface area contributed by atoms with E-state index in [4.69, 9.17) is 4.74 Å². The molecule has 0 amide bonds. The summed E-state index contributed by atoms with van der Waals surface area (Å²) >= 11 is 0. The SMILES string of the molecule is O=C1C2=C(C(=O)c3ccccc31)C1CC(O2)N(Cc2ccccc2)c2ccccc21. The Hall–Kier alpha value is -3.66. The molecule has 3 aliphatic rings. The van der Waals surface area contributed by atoms with Gasteiger partial charge in [-0.1, -0.05) is 72.8 Å². The molecule has 4 nitrogen and oxygen atoms in total. The number of hydrogen-bond acceptors (Lipinski definition) is 4. The van der Waals surface area contributed by atoms with Gasteiger partial charge in [0.05, 0.1) is 5.57 Å². The molecule has 146 valence electrons. The van der Waals surface area contributed by atoms with Gasteiger partial charge in [-0.2, -0.15) is 0 Å². The number of Topliss-reactive ketones (excluding diaryl/α,β-unsaturated/α-hetero) is 2. The molecule has 0 fully saturated rings. The Kier molecular flexibility index (Phi) is 3.69. The van der Waals surface area contributed by atoms with E-state index in [9.17, 15) is 9.59 Å². The van der Waals surface area contributed by atoms with E-state index >= 15 is 0 Å². The van der Waals surface area contributed by atoms with E-state index in [1.54, 1.807) is 24.3 Å². The minimum Gasteiger partial charge on any atom is -0.466 e. The summed E-state index contributed by atoms with van der Waals surface area (Å²) in [6.07, 6.45) is 0.370. The highest BCUT2D eigenvalue weighted by atomic mass is 16.5. The predicted octanol–water partition coefficient (Wildman–Crippen LogP) is 4.87. The van der Waals surface area contributed by atoms with E-state index in [1.165, 1.54) is 5.56 Å². The highest BCUT2D eigenvalue weighted by molar-refractivity contribution is 6.26. The lowest BCUT2D eigenvalue weighted by Crippen LogP contribution is -2.47. The summed E-state index contributed by atoms with van der Waals surface area (Å²) < 4.78 is 6.28. The molecule has 3 aromatic carbocycles. The van der Waals surface area contributed by atoms with Crippen LogP contribution in [0, 0.1) is 0 Å². The van der Waals surface area contributed by atoms with Gasteiger partial charge in [0.1, 0.15) is 0 Å². The number of allylic oxidation sites excluding steroid dienone is 2. The molecule has 0 saturated heterocycles. The fourth-order valence-electron chi connectivity index (χ4n) is 4.95. The zero-order valence-electron chi connectivity index (χ0n) is 16.2. The Morgan fingerprint density at radius 1 is 0.800 bits per heavy atom. The normalized spacial score (nSPS) is 21.5. The third-order valence-electron chi connectivity index (χ3n) is 6.32. The van der Waals surface area contributed by atoms with Gasteiger partial charge in [-0.15, -0.1) is 0 Å². The third-order valence-corrected chi connectivity index (χ3v) is 6.32. The molecular weight excluding hydrogens is 374 g/mol. The maximum absolute atomic E-state index is 13.4. The van der Waals surface area contributed by atoms with Crippen LogP contribution < -0.4 is 4.90 Å². The van der Waals surface area contributed by atoms with Gasteiger partial charge < -0.3 is 9.64 Å². The van der Waals surface area contributed by atoms with Crippen molar-refractivity contribution in [3.8, 4) is 0 Å². The Labute approximate surface area is 174 Å². The summed E-state index contributed by atoms with van der Waals surface area (Å²) in [4.78, 5) is 28.8. The van der Waals surface area contributed by atoms with Crippen LogP contribution in [0.25, 0.3) is 0 Å². The first kappa shape index (κ1) is 17.2. The maximum atomic E-state index is 13.4. The van der Waals surface area contributed by atoms with Gasteiger partial charge in [-0.3, -0.25) is 9.59 Å². The number of ether oxygens (including phenoxy) is 1. The van der Waals surface area contributed by atoms with Crippen molar-refractivity contribution in [1.82, 2.24) is 0 Å². The molecule has 3 aromatic rings. The molecule has 2 heterocycles. The van der Waals surface area contributed by atoms with Crippen LogP contribution in [0.5, 0.6) is 0 Å². The van der Waals surface area contributed by atoms with Gasteiger partial charge in [-0.05, 0) is 17.2 Å². The fraction of sp³-hybridized carbons (Fsp3) is 0.154. The van der Waals surface area contributed by atoms with E-state index in [0.717, 1.165) is 11.3 Å². The smallest absolute Gasteiger partial charge is 0.228 e. The van der Waals surface area contributed by atoms with Crippen LogP contribution in [0.4, 0.5) is 5.69 Å². The maximum Gasteiger partial charge on any atom is 0.228 e. The van der Waals surface area contributed by atoms with Crippen LogP contribution in [-0.2, 0) is 11.3 Å². The summed E-state index contributed by atoms with van der Waals surface area (Å²) in [5.74, 6) is -0.178. The Balaban J connectivity index is 1.50. The zero-order chi connectivity index (χ0) is 20.2. The van der Waals surface area contributed by atoms with Gasteiger partial charge in [0.15, 0.2) is 17.8 Å². The number of ketones is 2. The molecule has 2 aliphatic heterocycles. The largest absolute Gasteiger partial charge is 0.466 e. The van der Waals surface area contributed by atoms with Crippen molar-refractivity contribution in [3.63, 3.8) is 0 Å². The molecule has 1 aliphatic carbocycles. The molecule has 2 bridgehead atoms. The van der Waals surface area contributed by atoms with Crippen LogP contribution >= 0.6 is 0 Å². The van der Waals surface area contributed by atoms with Crippen molar-refractivity contribution in [2.45, 2.75) is 25.1 Å². The molecule has 4 heteroatoms. The van der Waals surface area contributed by atoms with Crippen molar-refractivity contribution >= 4 is 17.3 Å². The van der Waals surface area contributed by atoms with Crippen LogP contribution in [0.2, 0.25) is 0 Å². The molecule has 0 spiro atoms. The molecule has 30 heavy (non-hydrogen) atoms. The molecule has 2 unspecified atom stereocenters. The summed E-state index contributed by atoms with van der Waals surface area (Å²) in [5, 5.41) is 0. The van der Waals surface area contributed by atoms with Crippen molar-refractivity contribution in [2.24, 2.45) is 0 Å². The predicted molar refractivity (Wildman–Crippen MR) is 113 cm³/mol. The van der Waals surface area contributed by atoms with Crippen molar-refractivity contribution < 1.29 is 14.3 Å². The Morgan fingerprint density at radius 2 is 1.47 bits per heavy atom. The fourth-order valence-corrected chi connectivity index (χ4v) is 4.95. The van der Waals surface area contributed by atoms with E-state index < -0.39 is 0 Å². The summed E-state index contributed by atoms with van der Waals surface area (Å²) in [6, 6.07) is 25.4. The lowest BCUT2D eigenvalue weighted by atomic mass is 9.74. The molecular formula is C26H19NO3. The minimum absolute atomic E-state index is 0.0880. The van der Waals surface area contributed by atoms with Crippen LogP contribution in [-0.4, -0.2) is 17.8 Å². The zero-order valence-corrected chi connectivity index (χ0v) is 16.2. The van der Waals surface area contributed by atoms with E-state index in [0.29, 0.717) is 29.7 Å². The third kappa shape index (κ3) is 2.40. The average molecular weight is 393 g/mol.